The van der Waals surface area contributed by atoms with Crippen LogP contribution in [0.4, 0.5) is 5.82 Å². The van der Waals surface area contributed by atoms with Gasteiger partial charge >= 0.3 is 0 Å². The van der Waals surface area contributed by atoms with Gasteiger partial charge in [0.15, 0.2) is 11.4 Å². The maximum absolute atomic E-state index is 12.9. The van der Waals surface area contributed by atoms with Gasteiger partial charge in [0.25, 0.3) is 0 Å². The third kappa shape index (κ3) is 4.69. The quantitative estimate of drug-likeness (QED) is 0.576. The van der Waals surface area contributed by atoms with Crippen LogP contribution in [-0.2, 0) is 12.0 Å². The van der Waals surface area contributed by atoms with Crippen LogP contribution in [0.5, 0.6) is 0 Å². The molecule has 0 bridgehead atoms. The molecule has 1 aromatic carbocycles. The maximum Gasteiger partial charge on any atom is 0.168 e. The third-order valence-electron chi connectivity index (χ3n) is 6.47. The Morgan fingerprint density at radius 1 is 1.06 bits per heavy atom. The number of carbonyl (C=O) groups is 1. The second kappa shape index (κ2) is 8.30. The summed E-state index contributed by atoms with van der Waals surface area (Å²) in [5.74, 6) is 1.17. The Morgan fingerprint density at radius 2 is 1.72 bits per heavy atom. The lowest BCUT2D eigenvalue weighted by molar-refractivity contribution is 0.00642. The van der Waals surface area contributed by atoms with E-state index in [9.17, 15) is 15.0 Å². The molecule has 3 aromatic rings. The number of Topliss-reactive ketones (excluding diaryl/α,β-unsaturated/α-hetero) is 1. The molecule has 2 N–H and O–H groups in total. The highest BCUT2D eigenvalue weighted by atomic mass is 16.3. The lowest BCUT2D eigenvalue weighted by Gasteiger charge is -2.38. The standard InChI is InChI=1S/C25H32N4O3/c1-24(2,31)18-7-5-17(6-8-18)21(30)15-20-16-23(29-22(27-20)9-12-26-29)28-13-10-19(11-14-28)25(3,4)32/h5-9,12,16,19,31-32H,10-11,13-15H2,1-4H3. The molecule has 0 amide bonds. The van der Waals surface area contributed by atoms with E-state index in [1.54, 1.807) is 44.3 Å². The second-order valence-corrected chi connectivity index (χ2v) is 9.86. The van der Waals surface area contributed by atoms with E-state index in [-0.39, 0.29) is 18.1 Å². The fourth-order valence-corrected chi connectivity index (χ4v) is 4.41. The number of fused-ring (bicyclic) bond motifs is 1. The molecule has 1 fully saturated rings. The van der Waals surface area contributed by atoms with Crippen LogP contribution < -0.4 is 4.90 Å². The summed E-state index contributed by atoms with van der Waals surface area (Å²) in [6, 6.07) is 10.9. The number of aromatic nitrogens is 3. The van der Waals surface area contributed by atoms with E-state index in [2.05, 4.69) is 15.0 Å². The predicted octanol–water partition coefficient (Wildman–Crippen LogP) is 3.37. The van der Waals surface area contributed by atoms with E-state index >= 15 is 0 Å². The summed E-state index contributed by atoms with van der Waals surface area (Å²) in [5, 5.41) is 24.9. The summed E-state index contributed by atoms with van der Waals surface area (Å²) in [7, 11) is 0. The second-order valence-electron chi connectivity index (χ2n) is 9.86. The number of aliphatic hydroxyl groups is 2. The number of hydrogen-bond donors (Lipinski definition) is 2. The van der Waals surface area contributed by atoms with Gasteiger partial charge in [0.05, 0.1) is 29.5 Å². The fourth-order valence-electron chi connectivity index (χ4n) is 4.41. The van der Waals surface area contributed by atoms with E-state index in [4.69, 9.17) is 0 Å². The molecule has 7 nitrogen and oxygen atoms in total. The largest absolute Gasteiger partial charge is 0.390 e. The molecular weight excluding hydrogens is 404 g/mol. The van der Waals surface area contributed by atoms with Crippen LogP contribution in [0.3, 0.4) is 0 Å². The SMILES string of the molecule is CC(C)(O)c1ccc(C(=O)Cc2cc(N3CCC(C(C)(C)O)CC3)n3nccc3n2)cc1. The first-order chi connectivity index (χ1) is 15.0. The van der Waals surface area contributed by atoms with Crippen molar-refractivity contribution in [3.63, 3.8) is 0 Å². The Labute approximate surface area is 188 Å². The number of ketones is 1. The van der Waals surface area contributed by atoms with Gasteiger partial charge in [-0.2, -0.15) is 9.61 Å². The Morgan fingerprint density at radius 3 is 2.31 bits per heavy atom. The van der Waals surface area contributed by atoms with Crippen molar-refractivity contribution in [2.75, 3.05) is 18.0 Å². The minimum atomic E-state index is -0.941. The van der Waals surface area contributed by atoms with Crippen molar-refractivity contribution in [3.8, 4) is 0 Å². The van der Waals surface area contributed by atoms with Gasteiger partial charge in [-0.05, 0) is 52.0 Å². The van der Waals surface area contributed by atoms with Crippen molar-refractivity contribution in [2.45, 2.75) is 58.2 Å². The number of piperidine rings is 1. The zero-order valence-corrected chi connectivity index (χ0v) is 19.2. The molecule has 1 aliphatic rings. The van der Waals surface area contributed by atoms with Crippen LogP contribution >= 0.6 is 0 Å². The highest BCUT2D eigenvalue weighted by Crippen LogP contribution is 2.30. The molecule has 0 radical (unpaired) electrons. The van der Waals surface area contributed by atoms with Gasteiger partial charge in [-0.3, -0.25) is 4.79 Å². The summed E-state index contributed by atoms with van der Waals surface area (Å²) in [6.07, 6.45) is 3.71. The van der Waals surface area contributed by atoms with Gasteiger partial charge in [0.2, 0.25) is 0 Å². The van der Waals surface area contributed by atoms with Crippen LogP contribution in [0.2, 0.25) is 0 Å². The number of carbonyl (C=O) groups excluding carboxylic acids is 1. The first-order valence-corrected chi connectivity index (χ1v) is 11.2. The third-order valence-corrected chi connectivity index (χ3v) is 6.47. The Bertz CT molecular complexity index is 1100. The zero-order valence-electron chi connectivity index (χ0n) is 19.2. The van der Waals surface area contributed by atoms with Crippen molar-refractivity contribution >= 4 is 17.2 Å². The Balaban J connectivity index is 1.55. The smallest absolute Gasteiger partial charge is 0.168 e. The molecule has 0 saturated carbocycles. The monoisotopic (exact) mass is 436 g/mol. The van der Waals surface area contributed by atoms with Crippen LogP contribution in [0.25, 0.3) is 5.65 Å². The van der Waals surface area contributed by atoms with Crippen molar-refractivity contribution in [2.24, 2.45) is 5.92 Å². The summed E-state index contributed by atoms with van der Waals surface area (Å²) < 4.78 is 1.82. The molecule has 1 aliphatic heterocycles. The van der Waals surface area contributed by atoms with Gasteiger partial charge in [-0.15, -0.1) is 0 Å². The number of rotatable bonds is 6. The van der Waals surface area contributed by atoms with Crippen LogP contribution in [0.15, 0.2) is 42.6 Å². The molecule has 32 heavy (non-hydrogen) atoms. The molecule has 0 unspecified atom stereocenters. The van der Waals surface area contributed by atoms with Crippen molar-refractivity contribution in [3.05, 3.63) is 59.4 Å². The summed E-state index contributed by atoms with van der Waals surface area (Å²) in [5.41, 5.74) is 1.17. The maximum atomic E-state index is 12.9. The van der Waals surface area contributed by atoms with Crippen molar-refractivity contribution in [1.82, 2.24) is 14.6 Å². The number of nitrogens with zero attached hydrogens (tertiary/aromatic N) is 4. The molecule has 0 spiro atoms. The van der Waals surface area contributed by atoms with E-state index in [1.165, 1.54) is 0 Å². The molecule has 1 saturated heterocycles. The van der Waals surface area contributed by atoms with Crippen molar-refractivity contribution < 1.29 is 15.0 Å². The van der Waals surface area contributed by atoms with E-state index in [1.807, 2.05) is 30.5 Å². The Kier molecular flexibility index (Phi) is 5.81. The molecule has 3 heterocycles. The number of anilines is 1. The molecule has 7 heteroatoms. The van der Waals surface area contributed by atoms with Crippen LogP contribution in [0, 0.1) is 5.92 Å². The van der Waals surface area contributed by atoms with E-state index in [0.717, 1.165) is 37.3 Å². The summed E-state index contributed by atoms with van der Waals surface area (Å²) >= 11 is 0. The first kappa shape index (κ1) is 22.4. The minimum Gasteiger partial charge on any atom is -0.390 e. The highest BCUT2D eigenvalue weighted by Gasteiger charge is 2.31. The number of hydrogen-bond acceptors (Lipinski definition) is 6. The average Bonchev–Trinajstić information content (AvgIpc) is 3.21. The molecule has 170 valence electrons. The van der Waals surface area contributed by atoms with Crippen LogP contribution in [-0.4, -0.2) is 49.3 Å². The van der Waals surface area contributed by atoms with Crippen molar-refractivity contribution in [1.29, 1.82) is 0 Å². The van der Waals surface area contributed by atoms with Gasteiger partial charge in [-0.25, -0.2) is 4.98 Å². The van der Waals surface area contributed by atoms with Gasteiger partial charge in [0.1, 0.15) is 5.82 Å². The van der Waals surface area contributed by atoms with E-state index < -0.39 is 11.2 Å². The Hall–Kier alpha value is -2.77. The minimum absolute atomic E-state index is 0.0182. The first-order valence-electron chi connectivity index (χ1n) is 11.2. The summed E-state index contributed by atoms with van der Waals surface area (Å²) in [4.78, 5) is 19.8. The lowest BCUT2D eigenvalue weighted by Crippen LogP contribution is -2.42. The van der Waals surface area contributed by atoms with E-state index in [0.29, 0.717) is 16.9 Å². The molecule has 4 rings (SSSR count). The molecule has 0 aliphatic carbocycles. The van der Waals surface area contributed by atoms with Gasteiger partial charge in [0, 0.05) is 30.8 Å². The number of benzene rings is 1. The average molecular weight is 437 g/mol. The topological polar surface area (TPSA) is 91.0 Å². The fraction of sp³-hybridized carbons (Fsp3) is 0.480. The molecule has 2 aromatic heterocycles. The zero-order chi connectivity index (χ0) is 23.1. The van der Waals surface area contributed by atoms with Crippen LogP contribution in [0.1, 0.15) is 62.2 Å². The predicted molar refractivity (Wildman–Crippen MR) is 124 cm³/mol. The lowest BCUT2D eigenvalue weighted by atomic mass is 9.83. The summed E-state index contributed by atoms with van der Waals surface area (Å²) in [6.45, 7) is 8.84. The molecular formula is C25H32N4O3. The normalized spacial score (nSPS) is 16.0. The molecule has 0 atom stereocenters. The van der Waals surface area contributed by atoms with Gasteiger partial charge in [-0.1, -0.05) is 24.3 Å². The van der Waals surface area contributed by atoms with Gasteiger partial charge < -0.3 is 15.1 Å². The highest BCUT2D eigenvalue weighted by molar-refractivity contribution is 5.97.